The number of hydrogen-bond donors (Lipinski definition) is 4. The minimum absolute atomic E-state index is 0.00498. The number of nitrogens with two attached hydrogens (primary N) is 2. The van der Waals surface area contributed by atoms with E-state index in [0.29, 0.717) is 56.7 Å². The molecule has 0 bridgehead atoms. The molecule has 4 aromatic carbocycles. The number of primary amides is 1. The van der Waals surface area contributed by atoms with Gasteiger partial charge in [-0.1, -0.05) is 41.4 Å². The molecule has 2 atom stereocenters. The summed E-state index contributed by atoms with van der Waals surface area (Å²) < 4.78 is 35.1. The SMILES string of the molecule is CCOC(=O)CN(CCO)c1ccc(-c2nc3cc(C(CC(N)=O)NC[C@@H](N)Cc4ccc(Cl)c(Cl)c4)ccc3n2Cc2ccc(F)c(F)c2)cc1. The number of carbonyl (C=O) groups is 2. The summed E-state index contributed by atoms with van der Waals surface area (Å²) in [7, 11) is 0. The summed E-state index contributed by atoms with van der Waals surface area (Å²) in [5.41, 5.74) is 17.0. The largest absolute Gasteiger partial charge is 0.465 e. The van der Waals surface area contributed by atoms with E-state index in [9.17, 15) is 23.5 Å². The topological polar surface area (TPSA) is 149 Å². The first-order chi connectivity index (χ1) is 24.9. The van der Waals surface area contributed by atoms with Crippen molar-refractivity contribution in [2.45, 2.75) is 38.4 Å². The molecule has 6 N–H and O–H groups in total. The Morgan fingerprint density at radius 1 is 0.981 bits per heavy atom. The molecule has 1 heterocycles. The standard InChI is InChI=1S/C38H40Cl2F2N6O4/c1-2-52-37(51)22-47(13-14-49)28-8-5-25(6-9-28)38-46-34-18-26(7-12-35(34)48(38)21-24-4-11-31(41)32(42)17-24)33(19-36(44)50)45-20-27(43)15-23-3-10-29(39)30(40)16-23/h3-12,16-18,27,33,45,49H,2,13-15,19-22,43H2,1H3,(H2,44,50)/t27-,33?/m0/s1. The van der Waals surface area contributed by atoms with Gasteiger partial charge >= 0.3 is 5.97 Å². The van der Waals surface area contributed by atoms with Gasteiger partial charge in [-0.2, -0.15) is 0 Å². The van der Waals surface area contributed by atoms with Gasteiger partial charge in [0.1, 0.15) is 12.4 Å². The molecule has 0 aliphatic carbocycles. The summed E-state index contributed by atoms with van der Waals surface area (Å²) in [6.07, 6.45) is 0.522. The Labute approximate surface area is 310 Å². The molecule has 5 aromatic rings. The molecular formula is C38H40Cl2F2N6O4. The van der Waals surface area contributed by atoms with Crippen molar-refractivity contribution in [1.29, 1.82) is 0 Å². The van der Waals surface area contributed by atoms with Crippen molar-refractivity contribution in [3.05, 3.63) is 117 Å². The number of rotatable bonds is 17. The van der Waals surface area contributed by atoms with E-state index in [2.05, 4.69) is 5.32 Å². The molecule has 0 radical (unpaired) electrons. The second-order valence-electron chi connectivity index (χ2n) is 12.4. The number of halogens is 4. The van der Waals surface area contributed by atoms with Crippen LogP contribution in [-0.2, 0) is 27.3 Å². The molecule has 0 saturated carbocycles. The van der Waals surface area contributed by atoms with Crippen LogP contribution in [0.15, 0.2) is 78.9 Å². The number of fused-ring (bicyclic) bond motifs is 1. The summed E-state index contributed by atoms with van der Waals surface area (Å²) in [5, 5.41) is 13.9. The fourth-order valence-corrected chi connectivity index (χ4v) is 6.33. The Hall–Kier alpha value is -4.59. The quantitative estimate of drug-likeness (QED) is 0.0875. The maximum absolute atomic E-state index is 14.3. The number of aromatic nitrogens is 2. The fourth-order valence-electron chi connectivity index (χ4n) is 6.01. The third-order valence-electron chi connectivity index (χ3n) is 8.50. The molecule has 0 spiro atoms. The number of ether oxygens (including phenoxy) is 1. The Balaban J connectivity index is 1.47. The molecule has 0 fully saturated rings. The Bertz CT molecular complexity index is 2030. The van der Waals surface area contributed by atoms with Gasteiger partial charge in [-0.3, -0.25) is 9.59 Å². The lowest BCUT2D eigenvalue weighted by Gasteiger charge is -2.23. The lowest BCUT2D eigenvalue weighted by molar-refractivity contribution is -0.141. The zero-order valence-corrected chi connectivity index (χ0v) is 30.0. The van der Waals surface area contributed by atoms with Crippen LogP contribution in [0.25, 0.3) is 22.4 Å². The smallest absolute Gasteiger partial charge is 0.325 e. The van der Waals surface area contributed by atoms with Gasteiger partial charge < -0.3 is 36.1 Å². The lowest BCUT2D eigenvalue weighted by Crippen LogP contribution is -2.38. The highest BCUT2D eigenvalue weighted by molar-refractivity contribution is 6.42. The summed E-state index contributed by atoms with van der Waals surface area (Å²) in [6.45, 7) is 2.53. The molecule has 1 aromatic heterocycles. The molecule has 14 heteroatoms. The second-order valence-corrected chi connectivity index (χ2v) is 13.2. The molecule has 0 aliphatic rings. The normalized spacial score (nSPS) is 12.5. The van der Waals surface area contributed by atoms with Gasteiger partial charge in [-0.05, 0) is 90.7 Å². The number of aliphatic hydroxyl groups is 1. The zero-order valence-electron chi connectivity index (χ0n) is 28.5. The number of nitrogens with zero attached hydrogens (tertiary/aromatic N) is 3. The minimum atomic E-state index is -0.960. The van der Waals surface area contributed by atoms with Crippen LogP contribution in [0.1, 0.15) is 36.1 Å². The Morgan fingerprint density at radius 3 is 2.40 bits per heavy atom. The summed E-state index contributed by atoms with van der Waals surface area (Å²) in [4.78, 5) is 31.0. The van der Waals surface area contributed by atoms with Crippen molar-refractivity contribution in [1.82, 2.24) is 14.9 Å². The number of imidazole rings is 1. The van der Waals surface area contributed by atoms with Gasteiger partial charge in [0.15, 0.2) is 11.6 Å². The molecule has 52 heavy (non-hydrogen) atoms. The van der Waals surface area contributed by atoms with Crippen LogP contribution in [0.5, 0.6) is 0 Å². The number of anilines is 1. The highest BCUT2D eigenvalue weighted by Gasteiger charge is 2.21. The second kappa shape index (κ2) is 17.8. The molecular weight excluding hydrogens is 713 g/mol. The van der Waals surface area contributed by atoms with Crippen molar-refractivity contribution in [3.8, 4) is 11.4 Å². The van der Waals surface area contributed by atoms with Crippen LogP contribution >= 0.6 is 23.2 Å². The molecule has 10 nitrogen and oxygen atoms in total. The van der Waals surface area contributed by atoms with E-state index < -0.39 is 29.6 Å². The Morgan fingerprint density at radius 2 is 1.73 bits per heavy atom. The highest BCUT2D eigenvalue weighted by atomic mass is 35.5. The number of nitrogens with one attached hydrogen (secondary N) is 1. The summed E-state index contributed by atoms with van der Waals surface area (Å²) in [5.74, 6) is -2.27. The summed E-state index contributed by atoms with van der Waals surface area (Å²) in [6, 6.07) is 21.2. The Kier molecular flexibility index (Phi) is 13.2. The van der Waals surface area contributed by atoms with Gasteiger partial charge in [0.2, 0.25) is 5.91 Å². The van der Waals surface area contributed by atoms with E-state index >= 15 is 0 Å². The van der Waals surface area contributed by atoms with E-state index in [1.165, 1.54) is 6.07 Å². The number of benzene rings is 4. The molecule has 5 rings (SSSR count). The molecule has 0 aliphatic heterocycles. The van der Waals surface area contributed by atoms with Gasteiger partial charge in [-0.15, -0.1) is 0 Å². The molecule has 1 unspecified atom stereocenters. The van der Waals surface area contributed by atoms with E-state index in [4.69, 9.17) is 44.4 Å². The maximum Gasteiger partial charge on any atom is 0.325 e. The van der Waals surface area contributed by atoms with E-state index in [0.717, 1.165) is 23.3 Å². The monoisotopic (exact) mass is 752 g/mol. The predicted octanol–water partition coefficient (Wildman–Crippen LogP) is 5.77. The third kappa shape index (κ3) is 9.84. The van der Waals surface area contributed by atoms with Crippen molar-refractivity contribution in [3.63, 3.8) is 0 Å². The minimum Gasteiger partial charge on any atom is -0.465 e. The van der Waals surface area contributed by atoms with Crippen LogP contribution in [0.2, 0.25) is 10.0 Å². The first-order valence-corrected chi connectivity index (χ1v) is 17.5. The first kappa shape index (κ1) is 38.6. The van der Waals surface area contributed by atoms with Crippen molar-refractivity contribution in [2.24, 2.45) is 11.5 Å². The number of hydrogen-bond acceptors (Lipinski definition) is 8. The third-order valence-corrected chi connectivity index (χ3v) is 9.24. The van der Waals surface area contributed by atoms with E-state index in [1.54, 1.807) is 24.0 Å². The van der Waals surface area contributed by atoms with Gasteiger partial charge in [0, 0.05) is 49.4 Å². The number of carbonyl (C=O) groups excluding carboxylic acids is 2. The van der Waals surface area contributed by atoms with Gasteiger partial charge in [-0.25, -0.2) is 13.8 Å². The van der Waals surface area contributed by atoms with Crippen LogP contribution in [0.4, 0.5) is 14.5 Å². The predicted molar refractivity (Wildman–Crippen MR) is 199 cm³/mol. The number of esters is 1. The fraction of sp³-hybridized carbons (Fsp3) is 0.289. The first-order valence-electron chi connectivity index (χ1n) is 16.7. The van der Waals surface area contributed by atoms with Crippen molar-refractivity contribution < 1.29 is 28.2 Å². The van der Waals surface area contributed by atoms with Crippen LogP contribution in [0, 0.1) is 11.6 Å². The number of amides is 1. The van der Waals surface area contributed by atoms with Crippen molar-refractivity contribution in [2.75, 3.05) is 37.7 Å². The molecule has 0 saturated heterocycles. The molecule has 274 valence electrons. The van der Waals surface area contributed by atoms with Crippen LogP contribution in [0.3, 0.4) is 0 Å². The number of aliphatic hydroxyl groups excluding tert-OH is 1. The van der Waals surface area contributed by atoms with Gasteiger partial charge in [0.05, 0.1) is 34.3 Å². The zero-order chi connectivity index (χ0) is 37.4. The van der Waals surface area contributed by atoms with Crippen LogP contribution in [-0.4, -0.2) is 65.4 Å². The highest BCUT2D eigenvalue weighted by Crippen LogP contribution is 2.31. The lowest BCUT2D eigenvalue weighted by atomic mass is 10.0. The van der Waals surface area contributed by atoms with E-state index in [-0.39, 0.29) is 45.3 Å². The maximum atomic E-state index is 14.3. The average Bonchev–Trinajstić information content (AvgIpc) is 3.47. The van der Waals surface area contributed by atoms with E-state index in [1.807, 2.05) is 53.1 Å². The summed E-state index contributed by atoms with van der Waals surface area (Å²) >= 11 is 12.2. The van der Waals surface area contributed by atoms with Gasteiger partial charge in [0.25, 0.3) is 0 Å². The average molecular weight is 754 g/mol. The van der Waals surface area contributed by atoms with Crippen molar-refractivity contribution >= 4 is 51.8 Å². The molecule has 1 amide bonds. The van der Waals surface area contributed by atoms with Crippen LogP contribution < -0.4 is 21.7 Å².